The van der Waals surface area contributed by atoms with Crippen LogP contribution in [0.1, 0.15) is 31.7 Å². The maximum absolute atomic E-state index is 8.77. The van der Waals surface area contributed by atoms with Crippen LogP contribution in [0.25, 0.3) is 0 Å². The van der Waals surface area contributed by atoms with Crippen molar-refractivity contribution in [3.63, 3.8) is 0 Å². The molecule has 17 heavy (non-hydrogen) atoms. The topological polar surface area (TPSA) is 37.3 Å². The largest absolute Gasteiger partial charge is 0.469 e. The summed E-state index contributed by atoms with van der Waals surface area (Å²) in [5.41, 5.74) is 0.0926. The van der Waals surface area contributed by atoms with Gasteiger partial charge in [-0.25, -0.2) is 4.79 Å². The van der Waals surface area contributed by atoms with Crippen LogP contribution in [0.2, 0.25) is 5.02 Å². The molecular weight excluding hydrogens is 259 g/mol. The first kappa shape index (κ1) is 14.3. The Labute approximate surface area is 112 Å². The van der Waals surface area contributed by atoms with Crippen molar-refractivity contribution in [2.75, 3.05) is 0 Å². The van der Waals surface area contributed by atoms with Crippen LogP contribution in [0, 0.1) is 11.8 Å². The summed E-state index contributed by atoms with van der Waals surface area (Å²) in [6.45, 7) is 4.67. The normalized spacial score (nSPS) is 26.5. The van der Waals surface area contributed by atoms with Crippen molar-refractivity contribution < 1.29 is 9.90 Å². The first-order chi connectivity index (χ1) is 7.91. The molecule has 1 aromatic carbocycles. The lowest BCUT2D eigenvalue weighted by Gasteiger charge is -2.41. The minimum Gasteiger partial charge on any atom is -0.469 e. The highest BCUT2D eigenvalue weighted by Crippen LogP contribution is 2.46. The summed E-state index contributed by atoms with van der Waals surface area (Å²) in [6, 6.07) is 8.31. The molecule has 3 unspecified atom stereocenters. The summed E-state index contributed by atoms with van der Waals surface area (Å²) in [4.78, 5) is 8.77. The average Bonchev–Trinajstić information content (AvgIpc) is 2.26. The van der Waals surface area contributed by atoms with Gasteiger partial charge in [0.15, 0.2) is 0 Å². The van der Waals surface area contributed by atoms with Crippen LogP contribution in [-0.2, 0) is 0 Å². The molecule has 0 amide bonds. The van der Waals surface area contributed by atoms with Gasteiger partial charge < -0.3 is 5.11 Å². The van der Waals surface area contributed by atoms with E-state index in [0.717, 1.165) is 22.8 Å². The fourth-order valence-electron chi connectivity index (χ4n) is 2.18. The zero-order valence-electron chi connectivity index (χ0n) is 9.86. The van der Waals surface area contributed by atoms with Crippen LogP contribution in [-0.4, -0.2) is 10.5 Å². The molecule has 0 heterocycles. The molecule has 1 fully saturated rings. The van der Waals surface area contributed by atoms with E-state index in [1.54, 1.807) is 0 Å². The molecule has 4 heteroatoms. The number of carbonyl (C=O) groups is 1. The molecule has 2 nitrogen and oxygen atoms in total. The SMILES string of the molecule is CC1CC(c2ccc(Cl)cc2)C1C.O=C(O)Cl. The Morgan fingerprint density at radius 2 is 1.76 bits per heavy atom. The lowest BCUT2D eigenvalue weighted by Crippen LogP contribution is -2.30. The second-order valence-electron chi connectivity index (χ2n) is 4.48. The Bertz CT molecular complexity index is 372. The molecule has 1 N–H and O–H groups in total. The second kappa shape index (κ2) is 6.27. The van der Waals surface area contributed by atoms with E-state index in [-0.39, 0.29) is 0 Å². The van der Waals surface area contributed by atoms with Gasteiger partial charge in [-0.05, 0) is 41.9 Å². The lowest BCUT2D eigenvalue weighted by atomic mass is 9.64. The molecule has 1 aromatic rings. The Balaban J connectivity index is 0.000000317. The molecule has 0 aromatic heterocycles. The van der Waals surface area contributed by atoms with Crippen LogP contribution in [0.3, 0.4) is 0 Å². The first-order valence-electron chi connectivity index (χ1n) is 5.55. The monoisotopic (exact) mass is 274 g/mol. The molecule has 1 aliphatic rings. The van der Waals surface area contributed by atoms with Crippen LogP contribution >= 0.6 is 23.2 Å². The van der Waals surface area contributed by atoms with E-state index in [2.05, 4.69) is 37.6 Å². The van der Waals surface area contributed by atoms with E-state index >= 15 is 0 Å². The van der Waals surface area contributed by atoms with Gasteiger partial charge >= 0.3 is 5.43 Å². The smallest absolute Gasteiger partial charge is 0.401 e. The minimum absolute atomic E-state index is 0.771. The van der Waals surface area contributed by atoms with Gasteiger partial charge in [-0.2, -0.15) is 0 Å². The molecule has 0 radical (unpaired) electrons. The number of hydrogen-bond donors (Lipinski definition) is 1. The Morgan fingerprint density at radius 3 is 2.12 bits per heavy atom. The average molecular weight is 275 g/mol. The van der Waals surface area contributed by atoms with Crippen molar-refractivity contribution in [1.82, 2.24) is 0 Å². The minimum atomic E-state index is -1.36. The number of rotatable bonds is 1. The summed E-state index contributed by atoms with van der Waals surface area (Å²) in [6.07, 6.45) is 1.34. The molecule has 94 valence electrons. The van der Waals surface area contributed by atoms with Crippen molar-refractivity contribution >= 4 is 28.6 Å². The standard InChI is InChI=1S/C12H15Cl.CHClO2/c1-8-7-12(9(8)2)10-3-5-11(13)6-4-10;2-1(3)4/h3-6,8-9,12H,7H2,1-2H3;(H,3,4). The van der Waals surface area contributed by atoms with Crippen molar-refractivity contribution in [3.05, 3.63) is 34.9 Å². The fourth-order valence-corrected chi connectivity index (χ4v) is 2.31. The highest BCUT2D eigenvalue weighted by molar-refractivity contribution is 6.60. The molecule has 0 aliphatic heterocycles. The molecule has 0 spiro atoms. The van der Waals surface area contributed by atoms with Gasteiger partial charge in [0.05, 0.1) is 0 Å². The van der Waals surface area contributed by atoms with Crippen molar-refractivity contribution in [3.8, 4) is 0 Å². The fraction of sp³-hybridized carbons (Fsp3) is 0.462. The molecule has 2 rings (SSSR count). The van der Waals surface area contributed by atoms with Gasteiger partial charge in [0, 0.05) is 16.6 Å². The van der Waals surface area contributed by atoms with E-state index < -0.39 is 5.43 Å². The molecule has 3 atom stereocenters. The Kier molecular flexibility index (Phi) is 5.29. The van der Waals surface area contributed by atoms with Crippen LogP contribution in [0.5, 0.6) is 0 Å². The molecule has 0 bridgehead atoms. The van der Waals surface area contributed by atoms with Gasteiger partial charge in [0.1, 0.15) is 0 Å². The van der Waals surface area contributed by atoms with E-state index in [9.17, 15) is 0 Å². The van der Waals surface area contributed by atoms with E-state index in [0.29, 0.717) is 0 Å². The highest BCUT2D eigenvalue weighted by Gasteiger charge is 2.34. The summed E-state index contributed by atoms with van der Waals surface area (Å²) in [5.74, 6) is 2.49. The summed E-state index contributed by atoms with van der Waals surface area (Å²) >= 11 is 10.0. The third-order valence-electron chi connectivity index (χ3n) is 3.46. The van der Waals surface area contributed by atoms with Gasteiger partial charge in [0.25, 0.3) is 0 Å². The summed E-state index contributed by atoms with van der Waals surface area (Å²) in [7, 11) is 0. The molecule has 1 aliphatic carbocycles. The molecule has 0 saturated heterocycles. The van der Waals surface area contributed by atoms with Crippen LogP contribution in [0.15, 0.2) is 24.3 Å². The number of hydrogen-bond acceptors (Lipinski definition) is 1. The van der Waals surface area contributed by atoms with Gasteiger partial charge in [-0.3, -0.25) is 0 Å². The summed E-state index contributed by atoms with van der Waals surface area (Å²) < 4.78 is 0. The van der Waals surface area contributed by atoms with E-state index in [4.69, 9.17) is 21.5 Å². The maximum atomic E-state index is 8.77. The summed E-state index contributed by atoms with van der Waals surface area (Å²) in [5, 5.41) is 8.02. The Hall–Kier alpha value is -0.730. The Morgan fingerprint density at radius 1 is 1.29 bits per heavy atom. The van der Waals surface area contributed by atoms with Crippen molar-refractivity contribution in [1.29, 1.82) is 0 Å². The van der Waals surface area contributed by atoms with Gasteiger partial charge in [-0.1, -0.05) is 37.6 Å². The second-order valence-corrected chi connectivity index (χ2v) is 5.24. The quantitative estimate of drug-likeness (QED) is 0.732. The van der Waals surface area contributed by atoms with Crippen LogP contribution in [0.4, 0.5) is 4.79 Å². The third kappa shape index (κ3) is 4.21. The zero-order chi connectivity index (χ0) is 13.0. The predicted molar refractivity (Wildman–Crippen MR) is 71.0 cm³/mol. The van der Waals surface area contributed by atoms with E-state index in [1.165, 1.54) is 12.0 Å². The first-order valence-corrected chi connectivity index (χ1v) is 6.31. The maximum Gasteiger partial charge on any atom is 0.401 e. The lowest BCUT2D eigenvalue weighted by molar-refractivity contribution is 0.169. The predicted octanol–water partition coefficient (Wildman–Crippen LogP) is 5.00. The number of benzene rings is 1. The van der Waals surface area contributed by atoms with Crippen molar-refractivity contribution in [2.24, 2.45) is 11.8 Å². The third-order valence-corrected chi connectivity index (χ3v) is 3.71. The van der Waals surface area contributed by atoms with Gasteiger partial charge in [-0.15, -0.1) is 0 Å². The van der Waals surface area contributed by atoms with Gasteiger partial charge in [0.2, 0.25) is 0 Å². The van der Waals surface area contributed by atoms with Crippen molar-refractivity contribution in [2.45, 2.75) is 26.2 Å². The zero-order valence-corrected chi connectivity index (χ0v) is 11.4. The number of halogens is 2. The van der Waals surface area contributed by atoms with E-state index in [1.807, 2.05) is 12.1 Å². The highest BCUT2D eigenvalue weighted by atomic mass is 35.5. The number of carboxylic acid groups (broad SMARTS) is 1. The molecule has 1 saturated carbocycles. The van der Waals surface area contributed by atoms with Crippen LogP contribution < -0.4 is 0 Å². The molecular formula is C13H16Cl2O2.